The van der Waals surface area contributed by atoms with Crippen molar-refractivity contribution in [3.05, 3.63) is 107 Å². The van der Waals surface area contributed by atoms with Crippen molar-refractivity contribution in [2.45, 2.75) is 12.3 Å². The van der Waals surface area contributed by atoms with Crippen LogP contribution in [0.25, 0.3) is 6.08 Å². The van der Waals surface area contributed by atoms with Crippen molar-refractivity contribution in [2.24, 2.45) is 0 Å². The summed E-state index contributed by atoms with van der Waals surface area (Å²) in [6.45, 7) is 0. The fraction of sp³-hybridized carbons (Fsp3) is 0.0909. The summed E-state index contributed by atoms with van der Waals surface area (Å²) in [6, 6.07) is 23.1. The second-order valence-corrected chi connectivity index (χ2v) is 6.30. The van der Waals surface area contributed by atoms with Gasteiger partial charge in [-0.25, -0.2) is 4.39 Å². The predicted molar refractivity (Wildman–Crippen MR) is 96.5 cm³/mol. The van der Waals surface area contributed by atoms with Crippen LogP contribution in [0.4, 0.5) is 10.1 Å². The molecule has 3 aromatic carbocycles. The molecule has 0 aromatic heterocycles. The Labute approximate surface area is 145 Å². The quantitative estimate of drug-likeness (QED) is 0.590. The number of ether oxygens (including phenoxy) is 1. The molecule has 0 aliphatic carbocycles. The summed E-state index contributed by atoms with van der Waals surface area (Å²) in [5.74, 6) is -0.240. The smallest absolute Gasteiger partial charge is 0.162 e. The van der Waals surface area contributed by atoms with Crippen LogP contribution in [-0.4, -0.2) is 0 Å². The number of nitrogens with zero attached hydrogens (tertiary/aromatic N) is 1. The Kier molecular flexibility index (Phi) is 3.22. The molecule has 0 N–H and O–H groups in total. The van der Waals surface area contributed by atoms with Crippen LogP contribution < -0.4 is 4.90 Å². The maximum atomic E-state index is 14.5. The fourth-order valence-corrected chi connectivity index (χ4v) is 3.70. The van der Waals surface area contributed by atoms with E-state index in [1.807, 2.05) is 42.6 Å². The summed E-state index contributed by atoms with van der Waals surface area (Å²) in [6.07, 6.45) is 3.44. The SMILES string of the molecule is Fc1ccccc1C1OC2c3ccccc3C=CN2c2ccccc21. The third-order valence-electron chi connectivity index (χ3n) is 4.88. The molecule has 0 radical (unpaired) electrons. The summed E-state index contributed by atoms with van der Waals surface area (Å²) >= 11 is 0. The Balaban J connectivity index is 1.71. The number of hydrogen-bond acceptors (Lipinski definition) is 2. The van der Waals surface area contributed by atoms with Gasteiger partial charge in [0.05, 0.1) is 0 Å². The van der Waals surface area contributed by atoms with Crippen molar-refractivity contribution in [3.8, 4) is 0 Å². The van der Waals surface area contributed by atoms with Gasteiger partial charge in [0.15, 0.2) is 6.23 Å². The zero-order chi connectivity index (χ0) is 16.8. The van der Waals surface area contributed by atoms with E-state index in [0.29, 0.717) is 5.56 Å². The van der Waals surface area contributed by atoms with Crippen LogP contribution in [0.1, 0.15) is 34.6 Å². The summed E-state index contributed by atoms with van der Waals surface area (Å²) in [4.78, 5) is 2.12. The molecule has 0 saturated carbocycles. The van der Waals surface area contributed by atoms with E-state index in [0.717, 1.165) is 22.4 Å². The van der Waals surface area contributed by atoms with Gasteiger partial charge in [0.1, 0.15) is 11.9 Å². The summed E-state index contributed by atoms with van der Waals surface area (Å²) < 4.78 is 20.9. The van der Waals surface area contributed by atoms with Crippen LogP contribution in [0.2, 0.25) is 0 Å². The number of hydrogen-bond donors (Lipinski definition) is 0. The Morgan fingerprint density at radius 2 is 1.44 bits per heavy atom. The minimum absolute atomic E-state index is 0.240. The molecule has 2 nitrogen and oxygen atoms in total. The first-order valence-corrected chi connectivity index (χ1v) is 8.37. The number of halogens is 1. The molecule has 0 saturated heterocycles. The lowest BCUT2D eigenvalue weighted by Gasteiger charge is -2.43. The topological polar surface area (TPSA) is 12.5 Å². The second kappa shape index (κ2) is 5.57. The van der Waals surface area contributed by atoms with Gasteiger partial charge in [0.2, 0.25) is 0 Å². The minimum Gasteiger partial charge on any atom is -0.341 e. The fourth-order valence-electron chi connectivity index (χ4n) is 3.70. The van der Waals surface area contributed by atoms with Crippen molar-refractivity contribution in [1.29, 1.82) is 0 Å². The highest BCUT2D eigenvalue weighted by molar-refractivity contribution is 5.69. The largest absolute Gasteiger partial charge is 0.341 e. The molecule has 3 aromatic rings. The van der Waals surface area contributed by atoms with Crippen LogP contribution >= 0.6 is 0 Å². The van der Waals surface area contributed by atoms with E-state index in [1.165, 1.54) is 6.07 Å². The highest BCUT2D eigenvalue weighted by Gasteiger charge is 2.37. The van der Waals surface area contributed by atoms with E-state index in [1.54, 1.807) is 12.1 Å². The molecule has 0 amide bonds. The average Bonchev–Trinajstić information content (AvgIpc) is 2.67. The zero-order valence-corrected chi connectivity index (χ0v) is 13.5. The molecule has 2 atom stereocenters. The number of fused-ring (bicyclic) bond motifs is 5. The molecule has 2 aliphatic rings. The minimum atomic E-state index is -0.432. The van der Waals surface area contributed by atoms with Gasteiger partial charge < -0.3 is 9.64 Å². The van der Waals surface area contributed by atoms with Crippen LogP contribution in [0.5, 0.6) is 0 Å². The highest BCUT2D eigenvalue weighted by atomic mass is 19.1. The molecule has 0 fully saturated rings. The Bertz CT molecular complexity index is 981. The zero-order valence-electron chi connectivity index (χ0n) is 13.5. The summed E-state index contributed by atoms with van der Waals surface area (Å²) in [5, 5.41) is 0. The van der Waals surface area contributed by atoms with Crippen molar-refractivity contribution in [3.63, 3.8) is 0 Å². The van der Waals surface area contributed by atoms with Gasteiger partial charge in [0.25, 0.3) is 0 Å². The van der Waals surface area contributed by atoms with E-state index in [2.05, 4.69) is 29.2 Å². The van der Waals surface area contributed by atoms with Crippen molar-refractivity contribution >= 4 is 11.8 Å². The standard InChI is InChI=1S/C22H16FNO/c23-19-11-5-3-9-17(19)21-18-10-4-6-12-20(18)24-14-13-15-7-1-2-8-16(15)22(24)25-21/h1-14,21-22H. The Hall–Kier alpha value is -2.91. The van der Waals surface area contributed by atoms with E-state index < -0.39 is 6.10 Å². The monoisotopic (exact) mass is 329 g/mol. The van der Waals surface area contributed by atoms with E-state index >= 15 is 0 Å². The van der Waals surface area contributed by atoms with E-state index in [-0.39, 0.29) is 12.0 Å². The van der Waals surface area contributed by atoms with Gasteiger partial charge in [-0.3, -0.25) is 0 Å². The Morgan fingerprint density at radius 3 is 2.28 bits per heavy atom. The van der Waals surface area contributed by atoms with Gasteiger partial charge in [-0.2, -0.15) is 0 Å². The van der Waals surface area contributed by atoms with Crippen molar-refractivity contribution in [1.82, 2.24) is 0 Å². The van der Waals surface area contributed by atoms with Gasteiger partial charge in [-0.05, 0) is 23.8 Å². The first kappa shape index (κ1) is 14.4. The Morgan fingerprint density at radius 1 is 0.760 bits per heavy atom. The van der Waals surface area contributed by atoms with Crippen molar-refractivity contribution < 1.29 is 9.13 Å². The molecule has 122 valence electrons. The van der Waals surface area contributed by atoms with Crippen LogP contribution in [0, 0.1) is 5.82 Å². The molecule has 2 unspecified atom stereocenters. The lowest BCUT2D eigenvalue weighted by atomic mass is 9.93. The van der Waals surface area contributed by atoms with Crippen LogP contribution in [0.15, 0.2) is 79.0 Å². The number of anilines is 1. The molecule has 25 heavy (non-hydrogen) atoms. The molecule has 0 bridgehead atoms. The van der Waals surface area contributed by atoms with E-state index in [9.17, 15) is 4.39 Å². The molecule has 3 heteroatoms. The average molecular weight is 329 g/mol. The van der Waals surface area contributed by atoms with Gasteiger partial charge in [-0.15, -0.1) is 0 Å². The van der Waals surface area contributed by atoms with Gasteiger partial charge >= 0.3 is 0 Å². The molecular formula is C22H16FNO. The normalized spacial score (nSPS) is 20.6. The molecule has 0 spiro atoms. The molecule has 2 heterocycles. The van der Waals surface area contributed by atoms with Crippen LogP contribution in [0.3, 0.4) is 0 Å². The first-order valence-electron chi connectivity index (χ1n) is 8.37. The number of rotatable bonds is 1. The molecular weight excluding hydrogens is 313 g/mol. The molecule has 5 rings (SSSR count). The predicted octanol–water partition coefficient (Wildman–Crippen LogP) is 5.43. The van der Waals surface area contributed by atoms with E-state index in [4.69, 9.17) is 4.74 Å². The summed E-state index contributed by atoms with van der Waals surface area (Å²) in [7, 11) is 0. The number of para-hydroxylation sites is 1. The lowest BCUT2D eigenvalue weighted by molar-refractivity contribution is -0.00198. The maximum Gasteiger partial charge on any atom is 0.162 e. The number of benzene rings is 3. The molecule has 2 aliphatic heterocycles. The van der Waals surface area contributed by atoms with Gasteiger partial charge in [-0.1, -0.05) is 60.7 Å². The first-order chi connectivity index (χ1) is 12.3. The summed E-state index contributed by atoms with van der Waals surface area (Å²) in [5.41, 5.74) is 4.84. The highest BCUT2D eigenvalue weighted by Crippen LogP contribution is 2.48. The van der Waals surface area contributed by atoms with Crippen molar-refractivity contribution in [2.75, 3.05) is 4.90 Å². The van der Waals surface area contributed by atoms with Crippen LogP contribution in [-0.2, 0) is 4.74 Å². The second-order valence-electron chi connectivity index (χ2n) is 6.30. The third kappa shape index (κ3) is 2.20. The third-order valence-corrected chi connectivity index (χ3v) is 4.88. The lowest BCUT2D eigenvalue weighted by Crippen LogP contribution is -2.35. The van der Waals surface area contributed by atoms with Gasteiger partial charge in [0, 0.05) is 28.6 Å². The maximum absolute atomic E-state index is 14.5.